The molecule has 0 aromatic carbocycles. The molecule has 6 fully saturated rings. The predicted molar refractivity (Wildman–Crippen MR) is 392 cm³/mol. The van der Waals surface area contributed by atoms with Gasteiger partial charge in [0.25, 0.3) is 0 Å². The highest BCUT2D eigenvalue weighted by Crippen LogP contribution is 2.39. The molecule has 648 valence electrons. The van der Waals surface area contributed by atoms with Gasteiger partial charge >= 0.3 is 0 Å². The van der Waals surface area contributed by atoms with Gasteiger partial charge in [0.15, 0.2) is 37.7 Å². The van der Waals surface area contributed by atoms with Crippen molar-refractivity contribution in [3.8, 4) is 0 Å². The van der Waals surface area contributed by atoms with Crippen molar-refractivity contribution in [1.82, 2.24) is 16.0 Å². The summed E-state index contributed by atoms with van der Waals surface area (Å²) < 4.78 is 72.5. The summed E-state index contributed by atoms with van der Waals surface area (Å²) in [6, 6.07) is -4.67. The molecule has 32 atom stereocenters. The lowest BCUT2D eigenvalue weighted by Gasteiger charge is -2.52. The molecule has 20 N–H and O–H groups in total. The summed E-state index contributed by atoms with van der Waals surface area (Å²) in [5, 5.41) is 199. The van der Waals surface area contributed by atoms with E-state index in [4.69, 9.17) is 56.8 Å². The van der Waals surface area contributed by atoms with Crippen molar-refractivity contribution in [2.45, 2.75) is 411 Å². The molecule has 6 heterocycles. The molecule has 35 heteroatoms. The Balaban J connectivity index is 1.18. The van der Waals surface area contributed by atoms with Crippen LogP contribution in [0.4, 0.5) is 0 Å². The fourth-order valence-corrected chi connectivity index (χ4v) is 15.0. The van der Waals surface area contributed by atoms with Crippen LogP contribution in [0.15, 0.2) is 12.2 Å². The fourth-order valence-electron chi connectivity index (χ4n) is 15.0. The van der Waals surface area contributed by atoms with Crippen LogP contribution in [0.1, 0.15) is 214 Å². The molecule has 3 amide bonds. The quantitative estimate of drug-likeness (QED) is 0.0246. The van der Waals surface area contributed by atoms with E-state index in [1.807, 2.05) is 6.08 Å². The maximum atomic E-state index is 13.6. The number of carbonyl (C=O) groups excluding carboxylic acids is 3. The highest BCUT2D eigenvalue weighted by molar-refractivity contribution is 5.76. The van der Waals surface area contributed by atoms with Crippen LogP contribution in [0.2, 0.25) is 0 Å². The van der Waals surface area contributed by atoms with Crippen molar-refractivity contribution in [2.75, 3.05) is 39.6 Å². The zero-order valence-corrected chi connectivity index (χ0v) is 65.4. The Bertz CT molecular complexity index is 2580. The Morgan fingerprint density at radius 3 is 1.22 bits per heavy atom. The van der Waals surface area contributed by atoms with Crippen molar-refractivity contribution in [1.29, 1.82) is 0 Å². The van der Waals surface area contributed by atoms with Gasteiger partial charge in [-0.25, -0.2) is 0 Å². The Morgan fingerprint density at radius 1 is 0.369 bits per heavy atom. The maximum Gasteiger partial charge on any atom is 0.220 e. The highest BCUT2D eigenvalue weighted by Gasteiger charge is 2.59. The molecule has 0 aromatic rings. The third kappa shape index (κ3) is 29.5. The highest BCUT2D eigenvalue weighted by atomic mass is 16.8. The van der Waals surface area contributed by atoms with Crippen LogP contribution in [0.3, 0.4) is 0 Å². The summed E-state index contributed by atoms with van der Waals surface area (Å²) >= 11 is 0. The van der Waals surface area contributed by atoms with Crippen LogP contribution in [-0.4, -0.2) is 340 Å². The molecule has 0 saturated carbocycles. The molecule has 6 aliphatic rings. The summed E-state index contributed by atoms with van der Waals surface area (Å²) in [7, 11) is 0. The molecule has 6 rings (SSSR count). The number of carbonyl (C=O) groups is 3. The summed E-state index contributed by atoms with van der Waals surface area (Å²) in [6.45, 7) is 2.22. The lowest BCUT2D eigenvalue weighted by molar-refractivity contribution is -0.395. The summed E-state index contributed by atoms with van der Waals surface area (Å²) in [4.78, 5) is 39.4. The Morgan fingerprint density at radius 2 is 0.739 bits per heavy atom. The molecule has 6 saturated heterocycles. The number of ether oxygens (including phenoxy) is 12. The van der Waals surface area contributed by atoms with E-state index in [0.717, 1.165) is 65.2 Å². The Labute approximate surface area is 651 Å². The van der Waals surface area contributed by atoms with Crippen molar-refractivity contribution in [3.05, 3.63) is 12.2 Å². The molecule has 35 nitrogen and oxygen atoms in total. The Kier molecular flexibility index (Phi) is 44.8. The molecule has 0 aromatic heterocycles. The summed E-state index contributed by atoms with van der Waals surface area (Å²) in [5.41, 5.74) is 0. The van der Waals surface area contributed by atoms with Crippen LogP contribution < -0.4 is 16.0 Å². The number of allylic oxidation sites excluding steroid dienone is 1. The zero-order valence-electron chi connectivity index (χ0n) is 65.4. The molecular formula is C76H137N3O32. The normalized spacial score (nSPS) is 37.4. The average molecular weight is 1600 g/mol. The molecular weight excluding hydrogens is 1470 g/mol. The first-order chi connectivity index (χ1) is 53.3. The van der Waals surface area contributed by atoms with Crippen molar-refractivity contribution < 1.29 is 158 Å². The summed E-state index contributed by atoms with van der Waals surface area (Å²) in [6.07, 6.45) is -20.9. The first kappa shape index (κ1) is 96.8. The minimum absolute atomic E-state index is 0.166. The number of unbranched alkanes of at least 4 members (excludes halogenated alkanes) is 25. The molecule has 0 bridgehead atoms. The van der Waals surface area contributed by atoms with E-state index < -0.39 is 248 Å². The van der Waals surface area contributed by atoms with Gasteiger partial charge in [-0.3, -0.25) is 14.4 Å². The van der Waals surface area contributed by atoms with Crippen LogP contribution in [0, 0.1) is 0 Å². The number of rotatable bonds is 51. The molecule has 0 spiro atoms. The summed E-state index contributed by atoms with van der Waals surface area (Å²) in [5.74, 6) is -2.05. The molecule has 111 heavy (non-hydrogen) atoms. The minimum Gasteiger partial charge on any atom is -0.394 e. The van der Waals surface area contributed by atoms with Crippen LogP contribution in [0.5, 0.6) is 0 Å². The number of aliphatic hydroxyl groups excluding tert-OH is 17. The number of hydrogen-bond donors (Lipinski definition) is 20. The fraction of sp³-hybridized carbons (Fsp3) is 0.934. The van der Waals surface area contributed by atoms with Gasteiger partial charge in [0.2, 0.25) is 17.7 Å². The van der Waals surface area contributed by atoms with E-state index in [-0.39, 0.29) is 12.3 Å². The van der Waals surface area contributed by atoms with Gasteiger partial charge in [0, 0.05) is 20.3 Å². The van der Waals surface area contributed by atoms with Crippen molar-refractivity contribution in [3.63, 3.8) is 0 Å². The van der Waals surface area contributed by atoms with Gasteiger partial charge in [-0.2, -0.15) is 0 Å². The number of hydrogen-bond acceptors (Lipinski definition) is 32. The third-order valence-electron chi connectivity index (χ3n) is 21.7. The van der Waals surface area contributed by atoms with E-state index in [9.17, 15) is 101 Å². The van der Waals surface area contributed by atoms with E-state index in [0.29, 0.717) is 12.8 Å². The second kappa shape index (κ2) is 51.4. The van der Waals surface area contributed by atoms with E-state index in [1.54, 1.807) is 6.08 Å². The predicted octanol–water partition coefficient (Wildman–Crippen LogP) is -1.40. The third-order valence-corrected chi connectivity index (χ3v) is 21.7. The van der Waals surface area contributed by atoms with Gasteiger partial charge in [-0.15, -0.1) is 0 Å². The molecule has 12 unspecified atom stereocenters. The van der Waals surface area contributed by atoms with E-state index in [1.165, 1.54) is 116 Å². The lowest BCUT2D eigenvalue weighted by atomic mass is 9.93. The van der Waals surface area contributed by atoms with E-state index in [2.05, 4.69) is 29.8 Å². The van der Waals surface area contributed by atoms with Gasteiger partial charge in [-0.1, -0.05) is 180 Å². The van der Waals surface area contributed by atoms with E-state index >= 15 is 0 Å². The first-order valence-corrected chi connectivity index (χ1v) is 40.8. The van der Waals surface area contributed by atoms with Crippen LogP contribution >= 0.6 is 0 Å². The standard InChI is InChI=1S/C76H137N3O32/c1-6-8-10-12-14-16-18-20-21-23-25-27-29-31-33-35-52(88)79-45(46(87)34-32-30-28-26-24-22-19-17-15-13-11-9-7-2)41-100-73-63(97)61(95)66(50(39-83)106-73)107-75-64(98)70(58(92)48(37-81)103-75)111-72-54(78-44(5)86)68(67(51(40-84)105-72)108-74-62(96)60(94)55(89)42(3)101-74)109-76-65(99)69(57(91)49(38-82)104-76)110-71-53(77-43(4)85)59(93)56(90)47(36-80)102-71/h32,34,42,45-51,53-76,80-84,87,89-99H,6-31,33,35-41H2,1-5H3,(H,77,85)(H,78,86)(H,79,88)/b34-32+/t42?,45-,46+,47?,48?,49?,50?,51?,53?,54?,55+,56+,57-,58-,59+,60?,61+,62-,63?,64?,65?,66+,67+,68+,69-,70-,71-,72-,73+,74+,75-,76-/m0/s1. The lowest BCUT2D eigenvalue weighted by Crippen LogP contribution is -2.71. The molecule has 0 radical (unpaired) electrons. The second-order valence-corrected chi connectivity index (χ2v) is 30.6. The SMILES string of the molecule is CCCCCCCCCCCCC/C=C/[C@@H](O)[C@H](CO[C@@H]1OC(CO)[C@@H](O[C@@H]2OC(CO)[C@H](O)[C@H](O[C@@H]3OC(CO)[C@@H](O[C@H]4OC(C)[C@@H](O)C(O)[C@@H]4O)[C@H](O[C@@H]4OC(CO)[C@H](O)[C@H](O[C@@H]5OC(CO)[C@@H](O)[C@H](O)C5NC(C)=O)C4O)C3NC(C)=O)C2O)[C@H](O)C1O)NC(=O)CCCCCCCCCCCCCCCCC. The monoisotopic (exact) mass is 1600 g/mol. The average Bonchev–Trinajstić information content (AvgIpc) is 0.764. The number of amides is 3. The second-order valence-electron chi connectivity index (χ2n) is 30.6. The zero-order chi connectivity index (χ0) is 81.3. The minimum atomic E-state index is -2.29. The topological polar surface area (TPSA) is 542 Å². The van der Waals surface area contributed by atoms with Gasteiger partial charge in [0.1, 0.15) is 140 Å². The molecule has 0 aliphatic carbocycles. The smallest absolute Gasteiger partial charge is 0.220 e. The first-order valence-electron chi connectivity index (χ1n) is 40.8. The largest absolute Gasteiger partial charge is 0.394 e. The number of aliphatic hydroxyl groups is 17. The van der Waals surface area contributed by atoms with Crippen molar-refractivity contribution >= 4 is 17.7 Å². The molecule has 6 aliphatic heterocycles. The van der Waals surface area contributed by atoms with Gasteiger partial charge in [-0.05, 0) is 26.2 Å². The number of nitrogens with one attached hydrogen (secondary N) is 3. The Hall–Kier alpha value is -3.01. The maximum absolute atomic E-state index is 13.6. The van der Waals surface area contributed by atoms with Crippen molar-refractivity contribution in [2.24, 2.45) is 0 Å². The van der Waals surface area contributed by atoms with Gasteiger partial charge in [0.05, 0.1) is 57.9 Å². The van der Waals surface area contributed by atoms with Gasteiger partial charge < -0.3 is 160 Å². The van der Waals surface area contributed by atoms with Crippen LogP contribution in [-0.2, 0) is 71.2 Å². The van der Waals surface area contributed by atoms with Crippen LogP contribution in [0.25, 0.3) is 0 Å².